The van der Waals surface area contributed by atoms with Crippen LogP contribution in [0.2, 0.25) is 0 Å². The van der Waals surface area contributed by atoms with Gasteiger partial charge in [-0.1, -0.05) is 44.8 Å². The summed E-state index contributed by atoms with van der Waals surface area (Å²) in [5.74, 6) is 0.982. The van der Waals surface area contributed by atoms with Crippen molar-refractivity contribution in [2.24, 2.45) is 11.8 Å². The van der Waals surface area contributed by atoms with E-state index in [4.69, 9.17) is 0 Å². The molecule has 2 aliphatic rings. The third-order valence-electron chi connectivity index (χ3n) is 4.37. The molecule has 86 valence electrons. The molecule has 0 bridgehead atoms. The minimum atomic E-state index is -0.397. The van der Waals surface area contributed by atoms with Crippen molar-refractivity contribution < 1.29 is 5.11 Å². The lowest BCUT2D eigenvalue weighted by Crippen LogP contribution is -2.41. The molecule has 0 saturated heterocycles. The molecular weight excluding hydrogens is 184 g/mol. The zero-order valence-electron chi connectivity index (χ0n) is 9.97. The summed E-state index contributed by atoms with van der Waals surface area (Å²) in [5.41, 5.74) is 0.892. The summed E-state index contributed by atoms with van der Waals surface area (Å²) in [6.07, 6.45) is 9.61. The highest BCUT2D eigenvalue weighted by atomic mass is 16.3. The number of hydrogen-bond acceptors (Lipinski definition) is 1. The maximum atomic E-state index is 10.9. The van der Waals surface area contributed by atoms with Crippen molar-refractivity contribution in [1.29, 1.82) is 0 Å². The summed E-state index contributed by atoms with van der Waals surface area (Å²) in [4.78, 5) is 0. The maximum Gasteiger partial charge on any atom is 0.0743 e. The molecule has 0 aromatic carbocycles. The summed E-state index contributed by atoms with van der Waals surface area (Å²) >= 11 is 0. The highest BCUT2D eigenvalue weighted by Gasteiger charge is 2.50. The van der Waals surface area contributed by atoms with E-state index in [1.54, 1.807) is 0 Å². The molecule has 2 aliphatic carbocycles. The zero-order valence-corrected chi connectivity index (χ0v) is 9.97. The van der Waals surface area contributed by atoms with E-state index in [9.17, 15) is 5.11 Å². The molecule has 2 atom stereocenters. The van der Waals surface area contributed by atoms with Crippen LogP contribution in [0, 0.1) is 11.8 Å². The fourth-order valence-corrected chi connectivity index (χ4v) is 3.40. The highest BCUT2D eigenvalue weighted by Crippen LogP contribution is 2.52. The third-order valence-corrected chi connectivity index (χ3v) is 4.37. The second-order valence-electron chi connectivity index (χ2n) is 5.49. The van der Waals surface area contributed by atoms with E-state index < -0.39 is 5.60 Å². The van der Waals surface area contributed by atoms with Crippen molar-refractivity contribution in [3.8, 4) is 0 Å². The molecule has 0 spiro atoms. The van der Waals surface area contributed by atoms with E-state index in [0.717, 1.165) is 19.3 Å². The van der Waals surface area contributed by atoms with Crippen LogP contribution in [0.4, 0.5) is 0 Å². The first-order valence-electron chi connectivity index (χ1n) is 6.58. The van der Waals surface area contributed by atoms with Crippen molar-refractivity contribution >= 4 is 0 Å². The second kappa shape index (κ2) is 4.29. The summed E-state index contributed by atoms with van der Waals surface area (Å²) < 4.78 is 0. The Morgan fingerprint density at radius 3 is 2.40 bits per heavy atom. The van der Waals surface area contributed by atoms with Gasteiger partial charge in [-0.15, -0.1) is 0 Å². The Bertz CT molecular complexity index is 240. The molecule has 0 aromatic rings. The Kier molecular flexibility index (Phi) is 3.20. The van der Waals surface area contributed by atoms with Crippen LogP contribution in [0.25, 0.3) is 0 Å². The first-order chi connectivity index (χ1) is 7.18. The monoisotopic (exact) mass is 208 g/mol. The molecule has 1 N–H and O–H groups in total. The minimum Gasteiger partial charge on any atom is -0.389 e. The van der Waals surface area contributed by atoms with Crippen LogP contribution in [0.3, 0.4) is 0 Å². The third kappa shape index (κ3) is 2.13. The molecule has 1 nitrogen and oxygen atoms in total. The Balaban J connectivity index is 2.06. The van der Waals surface area contributed by atoms with Crippen LogP contribution in [0.5, 0.6) is 0 Å². The molecule has 2 saturated carbocycles. The molecule has 2 unspecified atom stereocenters. The fraction of sp³-hybridized carbons (Fsp3) is 0.857. The van der Waals surface area contributed by atoms with Crippen LogP contribution in [0.15, 0.2) is 12.2 Å². The molecular formula is C14H24O. The smallest absolute Gasteiger partial charge is 0.0743 e. The fourth-order valence-electron chi connectivity index (χ4n) is 3.40. The Morgan fingerprint density at radius 1 is 1.33 bits per heavy atom. The van der Waals surface area contributed by atoms with Gasteiger partial charge in [-0.2, -0.15) is 0 Å². The van der Waals surface area contributed by atoms with Gasteiger partial charge in [0.1, 0.15) is 0 Å². The summed E-state index contributed by atoms with van der Waals surface area (Å²) in [5, 5.41) is 10.9. The quantitative estimate of drug-likeness (QED) is 0.699. The molecule has 0 aromatic heterocycles. The van der Waals surface area contributed by atoms with Gasteiger partial charge in [0, 0.05) is 5.92 Å². The van der Waals surface area contributed by atoms with Crippen molar-refractivity contribution in [2.45, 2.75) is 63.9 Å². The SMILES string of the molecule is C=C1CC1C(O)(CCC)C1CCCCC1. The van der Waals surface area contributed by atoms with E-state index >= 15 is 0 Å². The summed E-state index contributed by atoms with van der Waals surface area (Å²) in [7, 11) is 0. The molecule has 0 amide bonds. The van der Waals surface area contributed by atoms with E-state index in [-0.39, 0.29) is 0 Å². The van der Waals surface area contributed by atoms with Gasteiger partial charge < -0.3 is 5.11 Å². The molecule has 0 radical (unpaired) electrons. The minimum absolute atomic E-state index is 0.397. The molecule has 0 aliphatic heterocycles. The first kappa shape index (κ1) is 11.2. The van der Waals surface area contributed by atoms with Gasteiger partial charge in [-0.05, 0) is 31.6 Å². The summed E-state index contributed by atoms with van der Waals surface area (Å²) in [6, 6.07) is 0. The van der Waals surface area contributed by atoms with Gasteiger partial charge in [0.2, 0.25) is 0 Å². The molecule has 15 heavy (non-hydrogen) atoms. The van der Waals surface area contributed by atoms with Crippen LogP contribution >= 0.6 is 0 Å². The van der Waals surface area contributed by atoms with E-state index in [2.05, 4.69) is 13.5 Å². The second-order valence-corrected chi connectivity index (χ2v) is 5.49. The largest absolute Gasteiger partial charge is 0.389 e. The first-order valence-corrected chi connectivity index (χ1v) is 6.58. The molecule has 0 heterocycles. The Morgan fingerprint density at radius 2 is 1.93 bits per heavy atom. The normalized spacial score (nSPS) is 31.3. The van der Waals surface area contributed by atoms with Crippen molar-refractivity contribution in [3.63, 3.8) is 0 Å². The topological polar surface area (TPSA) is 20.2 Å². The Hall–Kier alpha value is -0.300. The van der Waals surface area contributed by atoms with Gasteiger partial charge in [-0.25, -0.2) is 0 Å². The van der Waals surface area contributed by atoms with Crippen LogP contribution in [-0.4, -0.2) is 10.7 Å². The molecule has 1 heteroatoms. The van der Waals surface area contributed by atoms with Crippen LogP contribution in [0.1, 0.15) is 58.3 Å². The van der Waals surface area contributed by atoms with Crippen LogP contribution in [-0.2, 0) is 0 Å². The lowest BCUT2D eigenvalue weighted by atomic mass is 9.72. The predicted molar refractivity (Wildman–Crippen MR) is 63.7 cm³/mol. The van der Waals surface area contributed by atoms with Gasteiger partial charge in [-0.3, -0.25) is 0 Å². The van der Waals surface area contributed by atoms with Crippen molar-refractivity contribution in [1.82, 2.24) is 0 Å². The predicted octanol–water partition coefficient (Wildman–Crippen LogP) is 3.67. The van der Waals surface area contributed by atoms with E-state index in [0.29, 0.717) is 11.8 Å². The Labute approximate surface area is 93.6 Å². The average molecular weight is 208 g/mol. The number of rotatable bonds is 4. The van der Waals surface area contributed by atoms with Gasteiger partial charge in [0.25, 0.3) is 0 Å². The highest BCUT2D eigenvalue weighted by molar-refractivity contribution is 5.26. The van der Waals surface area contributed by atoms with Crippen molar-refractivity contribution in [2.75, 3.05) is 0 Å². The van der Waals surface area contributed by atoms with Crippen LogP contribution < -0.4 is 0 Å². The summed E-state index contributed by atoms with van der Waals surface area (Å²) in [6.45, 7) is 6.21. The average Bonchev–Trinajstić information content (AvgIpc) is 2.98. The van der Waals surface area contributed by atoms with Gasteiger partial charge in [0.05, 0.1) is 5.60 Å². The lowest BCUT2D eigenvalue weighted by molar-refractivity contribution is -0.0560. The van der Waals surface area contributed by atoms with E-state index in [1.807, 2.05) is 0 Å². The van der Waals surface area contributed by atoms with Crippen molar-refractivity contribution in [3.05, 3.63) is 12.2 Å². The van der Waals surface area contributed by atoms with Gasteiger partial charge in [0.15, 0.2) is 0 Å². The lowest BCUT2D eigenvalue weighted by Gasteiger charge is -2.39. The number of aliphatic hydroxyl groups is 1. The maximum absolute atomic E-state index is 10.9. The van der Waals surface area contributed by atoms with E-state index in [1.165, 1.54) is 37.7 Å². The molecule has 2 rings (SSSR count). The molecule has 2 fully saturated rings. The number of hydrogen-bond donors (Lipinski definition) is 1. The van der Waals surface area contributed by atoms with Gasteiger partial charge >= 0.3 is 0 Å². The standard InChI is InChI=1S/C14H24O/c1-3-9-14(15,13-10-11(13)2)12-7-5-4-6-8-12/h12-13,15H,2-10H2,1H3. The zero-order chi connectivity index (χ0) is 10.9.